The Morgan fingerprint density at radius 1 is 0.914 bits per heavy atom. The summed E-state index contributed by atoms with van der Waals surface area (Å²) in [7, 11) is 0. The molecule has 7 N–H and O–H groups in total. The number of amides is 4. The van der Waals surface area contributed by atoms with Crippen LogP contribution in [0, 0.1) is 17.8 Å². The van der Waals surface area contributed by atoms with Gasteiger partial charge in [-0.25, -0.2) is 4.79 Å². The molecule has 4 atom stereocenters. The Labute approximate surface area is 207 Å². The van der Waals surface area contributed by atoms with Gasteiger partial charge in [-0.1, -0.05) is 6.42 Å². The van der Waals surface area contributed by atoms with Crippen molar-refractivity contribution in [1.29, 1.82) is 0 Å². The van der Waals surface area contributed by atoms with Crippen molar-refractivity contribution >= 4 is 23.8 Å². The van der Waals surface area contributed by atoms with E-state index in [9.17, 15) is 24.3 Å². The van der Waals surface area contributed by atoms with E-state index in [1.165, 1.54) is 0 Å². The quantitative estimate of drug-likeness (QED) is 0.223. The molecule has 198 valence electrons. The fraction of sp³-hybridized carbons (Fsp3) is 0.833. The zero-order valence-corrected chi connectivity index (χ0v) is 20.6. The number of hydrogen-bond donors (Lipinski definition) is 7. The number of carbonyl (C=O) groups excluding carboxylic acids is 3. The molecule has 0 spiro atoms. The Hall–Kier alpha value is -2.40. The number of carboxylic acids is 1. The number of carbonyl (C=O) groups is 4. The number of urea groups is 1. The average molecular weight is 495 g/mol. The average Bonchev–Trinajstić information content (AvgIpc) is 2.86. The van der Waals surface area contributed by atoms with Gasteiger partial charge in [0.25, 0.3) is 0 Å². The van der Waals surface area contributed by atoms with Gasteiger partial charge in [-0.05, 0) is 83.0 Å². The molecule has 0 bridgehead atoms. The Bertz CT molecular complexity index is 723. The Kier molecular flexibility index (Phi) is 11.1. The van der Waals surface area contributed by atoms with Gasteiger partial charge in [0.2, 0.25) is 11.8 Å². The molecule has 3 rings (SSSR count). The van der Waals surface area contributed by atoms with Gasteiger partial charge in [0, 0.05) is 24.5 Å². The molecule has 2 aliphatic heterocycles. The number of aliphatic carboxylic acids is 1. The van der Waals surface area contributed by atoms with Crippen LogP contribution in [0.4, 0.5) is 4.79 Å². The highest BCUT2D eigenvalue weighted by molar-refractivity contribution is 5.86. The fourth-order valence-corrected chi connectivity index (χ4v) is 5.43. The summed E-state index contributed by atoms with van der Waals surface area (Å²) in [6, 6.07) is -0.716. The molecule has 0 aromatic rings. The van der Waals surface area contributed by atoms with E-state index in [-0.39, 0.29) is 48.7 Å². The van der Waals surface area contributed by atoms with Crippen molar-refractivity contribution in [3.63, 3.8) is 0 Å². The highest BCUT2D eigenvalue weighted by Crippen LogP contribution is 2.24. The van der Waals surface area contributed by atoms with Crippen molar-refractivity contribution in [3.05, 3.63) is 0 Å². The molecule has 0 radical (unpaired) electrons. The van der Waals surface area contributed by atoms with Gasteiger partial charge in [0.1, 0.15) is 0 Å². The van der Waals surface area contributed by atoms with E-state index in [0.29, 0.717) is 25.4 Å². The van der Waals surface area contributed by atoms with Crippen LogP contribution in [-0.2, 0) is 14.4 Å². The van der Waals surface area contributed by atoms with E-state index in [1.54, 1.807) is 0 Å². The third-order valence-corrected chi connectivity index (χ3v) is 7.46. The Morgan fingerprint density at radius 2 is 1.71 bits per heavy atom. The first-order valence-corrected chi connectivity index (χ1v) is 13.2. The molecule has 0 aromatic heterocycles. The minimum absolute atomic E-state index is 0.0607. The minimum Gasteiger partial charge on any atom is -0.481 e. The van der Waals surface area contributed by atoms with Gasteiger partial charge in [-0.15, -0.1) is 0 Å². The molecule has 11 nitrogen and oxygen atoms in total. The first kappa shape index (κ1) is 27.2. The van der Waals surface area contributed by atoms with Gasteiger partial charge >= 0.3 is 12.0 Å². The Morgan fingerprint density at radius 3 is 2.43 bits per heavy atom. The van der Waals surface area contributed by atoms with Gasteiger partial charge < -0.3 is 37.0 Å². The molecule has 0 aromatic carbocycles. The molecule has 2 heterocycles. The SMILES string of the molecule is O=C(O)CC(NC(=O)CNC(=O)C1CCCC(NC(=O)NCC2CCNCC2)C1)C1CCCNC1. The lowest BCUT2D eigenvalue weighted by Gasteiger charge is -2.31. The third-order valence-electron chi connectivity index (χ3n) is 7.46. The van der Waals surface area contributed by atoms with Crippen LogP contribution >= 0.6 is 0 Å². The lowest BCUT2D eigenvalue weighted by Crippen LogP contribution is -2.50. The van der Waals surface area contributed by atoms with Crippen molar-refractivity contribution in [2.24, 2.45) is 17.8 Å². The van der Waals surface area contributed by atoms with Crippen molar-refractivity contribution < 1.29 is 24.3 Å². The highest BCUT2D eigenvalue weighted by atomic mass is 16.4. The second-order valence-corrected chi connectivity index (χ2v) is 10.2. The summed E-state index contributed by atoms with van der Waals surface area (Å²) in [5.74, 6) is -1.23. The van der Waals surface area contributed by atoms with Crippen LogP contribution in [0.2, 0.25) is 0 Å². The molecule has 4 amide bonds. The first-order valence-electron chi connectivity index (χ1n) is 13.2. The Balaban J connectivity index is 1.37. The molecule has 1 saturated carbocycles. The van der Waals surface area contributed by atoms with Crippen LogP contribution in [0.3, 0.4) is 0 Å². The summed E-state index contributed by atoms with van der Waals surface area (Å²) in [5, 5.41) is 27.3. The fourth-order valence-electron chi connectivity index (χ4n) is 5.43. The molecular formula is C24H42N6O5. The molecule has 3 aliphatic rings. The number of hydrogen-bond acceptors (Lipinski definition) is 6. The lowest BCUT2D eigenvalue weighted by atomic mass is 9.85. The molecule has 1 aliphatic carbocycles. The van der Waals surface area contributed by atoms with Crippen LogP contribution in [0.5, 0.6) is 0 Å². The maximum atomic E-state index is 12.7. The standard InChI is InChI=1S/C24H42N6O5/c31-21(30-20(12-22(32)33)18-4-2-8-26-14-18)15-27-23(34)17-3-1-5-19(11-17)29-24(35)28-13-16-6-9-25-10-7-16/h16-20,25-26H,1-15H2,(H,27,34)(H,30,31)(H,32,33)(H2,28,29,35). The summed E-state index contributed by atoms with van der Waals surface area (Å²) < 4.78 is 0. The zero-order valence-electron chi connectivity index (χ0n) is 20.6. The van der Waals surface area contributed by atoms with Gasteiger partial charge in [-0.2, -0.15) is 0 Å². The topological polar surface area (TPSA) is 161 Å². The van der Waals surface area contributed by atoms with E-state index in [4.69, 9.17) is 0 Å². The summed E-state index contributed by atoms with van der Waals surface area (Å²) in [6.07, 6.45) is 6.72. The van der Waals surface area contributed by atoms with Crippen LogP contribution in [-0.4, -0.2) is 80.3 Å². The van der Waals surface area contributed by atoms with E-state index in [0.717, 1.165) is 64.6 Å². The predicted octanol–water partition coefficient (Wildman–Crippen LogP) is -0.0807. The summed E-state index contributed by atoms with van der Waals surface area (Å²) in [6.45, 7) is 4.04. The smallest absolute Gasteiger partial charge is 0.315 e. The monoisotopic (exact) mass is 494 g/mol. The number of nitrogens with one attached hydrogen (secondary N) is 6. The predicted molar refractivity (Wildman–Crippen MR) is 131 cm³/mol. The van der Waals surface area contributed by atoms with E-state index < -0.39 is 12.0 Å². The van der Waals surface area contributed by atoms with E-state index in [1.807, 2.05) is 0 Å². The number of rotatable bonds is 10. The second kappa shape index (κ2) is 14.2. The molecule has 35 heavy (non-hydrogen) atoms. The largest absolute Gasteiger partial charge is 0.481 e. The van der Waals surface area contributed by atoms with Gasteiger partial charge in [-0.3, -0.25) is 14.4 Å². The molecule has 2 saturated heterocycles. The molecule has 3 fully saturated rings. The van der Waals surface area contributed by atoms with Gasteiger partial charge in [0.05, 0.1) is 13.0 Å². The lowest BCUT2D eigenvalue weighted by molar-refractivity contribution is -0.138. The van der Waals surface area contributed by atoms with Gasteiger partial charge in [0.15, 0.2) is 0 Å². The van der Waals surface area contributed by atoms with Crippen LogP contribution in [0.25, 0.3) is 0 Å². The van der Waals surface area contributed by atoms with Crippen LogP contribution in [0.15, 0.2) is 0 Å². The van der Waals surface area contributed by atoms with Crippen molar-refractivity contribution in [2.45, 2.75) is 69.9 Å². The van der Waals surface area contributed by atoms with Crippen molar-refractivity contribution in [3.8, 4) is 0 Å². The molecular weight excluding hydrogens is 452 g/mol. The number of piperidine rings is 2. The summed E-state index contributed by atoms with van der Waals surface area (Å²) in [5.41, 5.74) is 0. The minimum atomic E-state index is -0.953. The number of carboxylic acid groups (broad SMARTS) is 1. The van der Waals surface area contributed by atoms with Crippen LogP contribution < -0.4 is 31.9 Å². The normalized spacial score (nSPS) is 26.2. The maximum absolute atomic E-state index is 12.7. The van der Waals surface area contributed by atoms with E-state index in [2.05, 4.69) is 31.9 Å². The molecule has 4 unspecified atom stereocenters. The highest BCUT2D eigenvalue weighted by Gasteiger charge is 2.30. The molecule has 11 heteroatoms. The van der Waals surface area contributed by atoms with E-state index >= 15 is 0 Å². The van der Waals surface area contributed by atoms with Crippen molar-refractivity contribution in [1.82, 2.24) is 31.9 Å². The summed E-state index contributed by atoms with van der Waals surface area (Å²) in [4.78, 5) is 48.7. The zero-order chi connectivity index (χ0) is 25.0. The second-order valence-electron chi connectivity index (χ2n) is 10.2. The summed E-state index contributed by atoms with van der Waals surface area (Å²) >= 11 is 0. The van der Waals surface area contributed by atoms with Crippen molar-refractivity contribution in [2.75, 3.05) is 39.3 Å². The third kappa shape index (κ3) is 9.64. The van der Waals surface area contributed by atoms with Crippen LogP contribution in [0.1, 0.15) is 57.8 Å². The maximum Gasteiger partial charge on any atom is 0.315 e. The first-order chi connectivity index (χ1) is 16.9.